The number of hydrogen-bond acceptors (Lipinski definition) is 4. The zero-order valence-corrected chi connectivity index (χ0v) is 10.1. The number of nitrogens with two attached hydrogens (primary N) is 1. The molecule has 0 aliphatic heterocycles. The monoisotopic (exact) mass is 220 g/mol. The van der Waals surface area contributed by atoms with Crippen molar-refractivity contribution in [2.45, 2.75) is 44.7 Å². The van der Waals surface area contributed by atoms with Gasteiger partial charge in [0.2, 0.25) is 0 Å². The molecule has 0 amide bonds. The summed E-state index contributed by atoms with van der Waals surface area (Å²) in [6, 6.07) is 2.95. The first kappa shape index (κ1) is 11.3. The van der Waals surface area contributed by atoms with Gasteiger partial charge in [-0.05, 0) is 38.7 Å². The molecule has 4 heteroatoms. The van der Waals surface area contributed by atoms with E-state index < -0.39 is 0 Å². The molecule has 16 heavy (non-hydrogen) atoms. The van der Waals surface area contributed by atoms with Gasteiger partial charge in [0.25, 0.3) is 0 Å². The van der Waals surface area contributed by atoms with E-state index in [1.165, 1.54) is 12.8 Å². The molecule has 4 nitrogen and oxygen atoms in total. The second-order valence-electron chi connectivity index (χ2n) is 4.64. The van der Waals surface area contributed by atoms with Gasteiger partial charge in [0.05, 0.1) is 0 Å². The van der Waals surface area contributed by atoms with Crippen LogP contribution in [-0.4, -0.2) is 29.1 Å². The fourth-order valence-corrected chi connectivity index (χ4v) is 2.32. The Kier molecular flexibility index (Phi) is 3.39. The van der Waals surface area contributed by atoms with E-state index >= 15 is 0 Å². The van der Waals surface area contributed by atoms with Crippen molar-refractivity contribution in [2.24, 2.45) is 5.73 Å². The van der Waals surface area contributed by atoms with Crippen molar-refractivity contribution in [3.05, 3.63) is 18.1 Å². The summed E-state index contributed by atoms with van der Waals surface area (Å²) in [5.74, 6) is 1.85. The highest BCUT2D eigenvalue weighted by molar-refractivity contribution is 5.37. The van der Waals surface area contributed by atoms with Crippen molar-refractivity contribution in [2.75, 3.05) is 11.9 Å². The lowest BCUT2D eigenvalue weighted by Gasteiger charge is -2.34. The number of anilines is 1. The van der Waals surface area contributed by atoms with Gasteiger partial charge in [0, 0.05) is 25.3 Å². The van der Waals surface area contributed by atoms with Gasteiger partial charge < -0.3 is 10.6 Å². The van der Waals surface area contributed by atoms with Crippen LogP contribution in [-0.2, 0) is 0 Å². The second-order valence-corrected chi connectivity index (χ2v) is 4.64. The quantitative estimate of drug-likeness (QED) is 0.820. The van der Waals surface area contributed by atoms with Crippen LogP contribution in [0.2, 0.25) is 0 Å². The Morgan fingerprint density at radius 1 is 1.31 bits per heavy atom. The molecule has 1 heterocycles. The van der Waals surface area contributed by atoms with E-state index in [1.54, 1.807) is 0 Å². The van der Waals surface area contributed by atoms with Crippen LogP contribution >= 0.6 is 0 Å². The van der Waals surface area contributed by atoms with E-state index in [4.69, 9.17) is 5.73 Å². The molecule has 2 rings (SSSR count). The number of aryl methyl sites for hydroxylation is 1. The molecular weight excluding hydrogens is 200 g/mol. The summed E-state index contributed by atoms with van der Waals surface area (Å²) < 4.78 is 0. The zero-order valence-electron chi connectivity index (χ0n) is 10.1. The molecule has 2 N–H and O–H groups in total. The lowest BCUT2D eigenvalue weighted by Crippen LogP contribution is -2.39. The molecule has 0 aromatic carbocycles. The van der Waals surface area contributed by atoms with E-state index in [1.807, 2.05) is 19.2 Å². The fraction of sp³-hybridized carbons (Fsp3) is 0.667. The van der Waals surface area contributed by atoms with Crippen molar-refractivity contribution in [1.82, 2.24) is 9.97 Å². The van der Waals surface area contributed by atoms with Crippen LogP contribution in [0, 0.1) is 6.92 Å². The molecule has 1 aliphatic carbocycles. The molecule has 0 bridgehead atoms. The van der Waals surface area contributed by atoms with Crippen LogP contribution in [0.4, 0.5) is 5.82 Å². The number of hydrogen-bond donors (Lipinski definition) is 1. The van der Waals surface area contributed by atoms with Gasteiger partial charge in [0.1, 0.15) is 11.6 Å². The average Bonchev–Trinajstić information content (AvgIpc) is 2.29. The predicted octanol–water partition coefficient (Wildman–Crippen LogP) is 1.49. The minimum Gasteiger partial charge on any atom is -0.357 e. The Morgan fingerprint density at radius 2 is 2.00 bits per heavy atom. The average molecular weight is 220 g/mol. The number of nitrogens with zero attached hydrogens (tertiary/aromatic N) is 3. The van der Waals surface area contributed by atoms with Gasteiger partial charge in [-0.3, -0.25) is 0 Å². The standard InChI is InChI=1S/C12H20N4/c1-9-14-8-7-12(15-9)16(2)11-5-3-10(13)4-6-11/h7-8,10-11H,3-6,13H2,1-2H3. The highest BCUT2D eigenvalue weighted by Gasteiger charge is 2.22. The molecule has 0 spiro atoms. The fourth-order valence-electron chi connectivity index (χ4n) is 2.32. The van der Waals surface area contributed by atoms with Gasteiger partial charge in [-0.1, -0.05) is 0 Å². The summed E-state index contributed by atoms with van der Waals surface area (Å²) in [7, 11) is 2.11. The van der Waals surface area contributed by atoms with Crippen molar-refractivity contribution in [1.29, 1.82) is 0 Å². The molecule has 1 saturated carbocycles. The van der Waals surface area contributed by atoms with Crippen LogP contribution in [0.25, 0.3) is 0 Å². The summed E-state index contributed by atoms with van der Waals surface area (Å²) >= 11 is 0. The van der Waals surface area contributed by atoms with Crippen LogP contribution in [0.5, 0.6) is 0 Å². The van der Waals surface area contributed by atoms with Gasteiger partial charge >= 0.3 is 0 Å². The lowest BCUT2D eigenvalue weighted by molar-refractivity contribution is 0.383. The Labute approximate surface area is 96.9 Å². The summed E-state index contributed by atoms with van der Waals surface area (Å²) in [6.07, 6.45) is 6.41. The Balaban J connectivity index is 2.04. The highest BCUT2D eigenvalue weighted by Crippen LogP contribution is 2.24. The first-order chi connectivity index (χ1) is 7.66. The van der Waals surface area contributed by atoms with E-state index in [2.05, 4.69) is 21.9 Å². The van der Waals surface area contributed by atoms with Crippen molar-refractivity contribution < 1.29 is 0 Å². The van der Waals surface area contributed by atoms with Crippen LogP contribution in [0.15, 0.2) is 12.3 Å². The number of rotatable bonds is 2. The molecule has 88 valence electrons. The molecule has 1 aromatic heterocycles. The molecule has 0 atom stereocenters. The van der Waals surface area contributed by atoms with Crippen molar-refractivity contribution >= 4 is 5.82 Å². The maximum absolute atomic E-state index is 5.92. The molecule has 1 aliphatic rings. The van der Waals surface area contributed by atoms with Crippen molar-refractivity contribution in [3.8, 4) is 0 Å². The molecule has 0 saturated heterocycles. The SMILES string of the molecule is Cc1nccc(N(C)C2CCC(N)CC2)n1. The first-order valence-corrected chi connectivity index (χ1v) is 5.95. The third-order valence-corrected chi connectivity index (χ3v) is 3.41. The first-order valence-electron chi connectivity index (χ1n) is 5.95. The maximum atomic E-state index is 5.92. The molecule has 1 fully saturated rings. The normalized spacial score (nSPS) is 25.4. The molecule has 1 aromatic rings. The van der Waals surface area contributed by atoms with Crippen LogP contribution in [0.1, 0.15) is 31.5 Å². The minimum atomic E-state index is 0.400. The Hall–Kier alpha value is -1.16. The summed E-state index contributed by atoms with van der Waals surface area (Å²) in [5.41, 5.74) is 5.92. The van der Waals surface area contributed by atoms with Gasteiger partial charge in [-0.2, -0.15) is 0 Å². The highest BCUT2D eigenvalue weighted by atomic mass is 15.2. The summed E-state index contributed by atoms with van der Waals surface area (Å²) in [6.45, 7) is 1.92. The van der Waals surface area contributed by atoms with E-state index in [9.17, 15) is 0 Å². The predicted molar refractivity (Wildman–Crippen MR) is 65.4 cm³/mol. The topological polar surface area (TPSA) is 55.0 Å². The Bertz CT molecular complexity index is 345. The van der Waals surface area contributed by atoms with Gasteiger partial charge in [-0.15, -0.1) is 0 Å². The number of aromatic nitrogens is 2. The summed E-state index contributed by atoms with van der Waals surface area (Å²) in [4.78, 5) is 10.8. The minimum absolute atomic E-state index is 0.400. The molecular formula is C12H20N4. The smallest absolute Gasteiger partial charge is 0.132 e. The third kappa shape index (κ3) is 2.50. The van der Waals surface area contributed by atoms with E-state index in [0.717, 1.165) is 24.5 Å². The van der Waals surface area contributed by atoms with Crippen LogP contribution < -0.4 is 10.6 Å². The molecule has 0 radical (unpaired) electrons. The zero-order chi connectivity index (χ0) is 11.5. The summed E-state index contributed by atoms with van der Waals surface area (Å²) in [5, 5.41) is 0. The van der Waals surface area contributed by atoms with Gasteiger partial charge in [0.15, 0.2) is 0 Å². The third-order valence-electron chi connectivity index (χ3n) is 3.41. The van der Waals surface area contributed by atoms with Gasteiger partial charge in [-0.25, -0.2) is 9.97 Å². The maximum Gasteiger partial charge on any atom is 0.132 e. The van der Waals surface area contributed by atoms with E-state index in [-0.39, 0.29) is 0 Å². The van der Waals surface area contributed by atoms with E-state index in [0.29, 0.717) is 12.1 Å². The lowest BCUT2D eigenvalue weighted by atomic mass is 9.91. The largest absolute Gasteiger partial charge is 0.357 e. The van der Waals surface area contributed by atoms with Crippen molar-refractivity contribution in [3.63, 3.8) is 0 Å². The molecule has 0 unspecified atom stereocenters. The Morgan fingerprint density at radius 3 is 2.62 bits per heavy atom. The van der Waals surface area contributed by atoms with Crippen LogP contribution in [0.3, 0.4) is 0 Å². The second kappa shape index (κ2) is 4.78.